The van der Waals surface area contributed by atoms with Crippen LogP contribution in [0, 0.1) is 17.1 Å². The molecule has 33 heavy (non-hydrogen) atoms. The Morgan fingerprint density at radius 2 is 2.21 bits per heavy atom. The molecule has 3 rings (SSSR count). The second-order valence-electron chi connectivity index (χ2n) is 6.55. The van der Waals surface area contributed by atoms with Gasteiger partial charge in [-0.15, -0.1) is 0 Å². The highest BCUT2D eigenvalue weighted by atomic mass is 35.5. The fourth-order valence-corrected chi connectivity index (χ4v) is 2.70. The van der Waals surface area contributed by atoms with E-state index in [-0.39, 0.29) is 34.6 Å². The minimum Gasteiger partial charge on any atom is -0.492 e. The van der Waals surface area contributed by atoms with Crippen molar-refractivity contribution in [1.82, 2.24) is 9.88 Å². The molecule has 1 amide bonds. The molecule has 2 N–H and O–H groups in total. The number of nitrogens with zero attached hydrogens (tertiary/aromatic N) is 3. The summed E-state index contributed by atoms with van der Waals surface area (Å²) in [6, 6.07) is -1.75. The first-order chi connectivity index (χ1) is 19.1. The van der Waals surface area contributed by atoms with Gasteiger partial charge in [0.05, 0.1) is 42.3 Å². The molecule has 0 fully saturated rings. The average molecular weight is 476 g/mol. The first-order valence-electron chi connectivity index (χ1n) is 13.5. The van der Waals surface area contributed by atoms with E-state index in [0.29, 0.717) is 0 Å². The van der Waals surface area contributed by atoms with Gasteiger partial charge in [-0.1, -0.05) is 17.7 Å². The molecule has 0 atom stereocenters. The number of benzene rings is 2. The van der Waals surface area contributed by atoms with Crippen molar-refractivity contribution >= 4 is 45.5 Å². The van der Waals surface area contributed by atoms with Crippen molar-refractivity contribution in [1.29, 1.82) is 5.26 Å². The molecule has 0 radical (unpaired) electrons. The van der Waals surface area contributed by atoms with Gasteiger partial charge in [0.25, 0.3) is 0 Å². The number of anilines is 3. The maximum atomic E-state index is 14.2. The van der Waals surface area contributed by atoms with Crippen LogP contribution in [-0.2, 0) is 4.79 Å². The number of carbonyl (C=O) groups is 1. The summed E-state index contributed by atoms with van der Waals surface area (Å²) in [6.07, 6.45) is 1.23. The second kappa shape index (κ2) is 10.8. The minimum atomic E-state index is -1.99. The summed E-state index contributed by atoms with van der Waals surface area (Å²) in [6.45, 7) is -0.406. The predicted octanol–water partition coefficient (Wildman–Crippen LogP) is 5.10. The SMILES string of the molecule is [2H]c1nc2c([2H])c(OCC)c(NC(=O)/C=C/C([2H])([2H])N(C)C)c([2H])c2c(Nc2c([2H])c([2H])c(F)c(Cl)c2[2H])c1C#N. The Morgan fingerprint density at radius 1 is 1.42 bits per heavy atom. The van der Waals surface area contributed by atoms with E-state index >= 15 is 0 Å². The molecule has 0 aliphatic carbocycles. The van der Waals surface area contributed by atoms with Crippen molar-refractivity contribution in [2.75, 3.05) is 37.8 Å². The molecule has 0 spiro atoms. The van der Waals surface area contributed by atoms with Gasteiger partial charge in [-0.25, -0.2) is 4.39 Å². The average Bonchev–Trinajstić information content (AvgIpc) is 2.92. The van der Waals surface area contributed by atoms with Crippen LogP contribution in [0.25, 0.3) is 10.9 Å². The zero-order chi connectivity index (χ0) is 31.0. The number of nitrogens with one attached hydrogen (secondary N) is 2. The smallest absolute Gasteiger partial charge is 0.248 e. The molecule has 0 saturated carbocycles. The molecule has 170 valence electrons. The number of nitriles is 1. The van der Waals surface area contributed by atoms with Crippen molar-refractivity contribution in [2.24, 2.45) is 0 Å². The molecule has 0 aliphatic heterocycles. The number of aromatic nitrogens is 1. The molecule has 9 heteroatoms. The minimum absolute atomic E-state index is 0.00139. The molecule has 3 aromatic rings. The summed E-state index contributed by atoms with van der Waals surface area (Å²) in [4.78, 5) is 18.0. The van der Waals surface area contributed by atoms with Gasteiger partial charge in [-0.05, 0) is 45.2 Å². The summed E-state index contributed by atoms with van der Waals surface area (Å²) in [7, 11) is 2.93. The third kappa shape index (κ3) is 5.98. The molecule has 0 aliphatic rings. The van der Waals surface area contributed by atoms with E-state index in [9.17, 15) is 14.4 Å². The van der Waals surface area contributed by atoms with Gasteiger partial charge in [-0.2, -0.15) is 5.26 Å². The van der Waals surface area contributed by atoms with E-state index in [0.717, 1.165) is 12.2 Å². The lowest BCUT2D eigenvalue weighted by molar-refractivity contribution is -0.111. The first-order valence-corrected chi connectivity index (χ1v) is 9.86. The largest absolute Gasteiger partial charge is 0.492 e. The highest BCUT2D eigenvalue weighted by Gasteiger charge is 2.15. The molecule has 1 heterocycles. The highest BCUT2D eigenvalue weighted by Crippen LogP contribution is 2.36. The summed E-state index contributed by atoms with van der Waals surface area (Å²) in [5.74, 6) is -2.47. The quantitative estimate of drug-likeness (QED) is 0.440. The second-order valence-corrected chi connectivity index (χ2v) is 6.92. The van der Waals surface area contributed by atoms with Crippen LogP contribution in [0.5, 0.6) is 5.75 Å². The van der Waals surface area contributed by atoms with Crippen LogP contribution in [0.2, 0.25) is 5.02 Å². The monoisotopic (exact) mass is 475 g/mol. The third-order valence-electron chi connectivity index (χ3n) is 3.92. The van der Waals surface area contributed by atoms with Gasteiger partial charge in [0.15, 0.2) is 0 Å². The Bertz CT molecular complexity index is 1620. The fraction of sp³-hybridized carbons (Fsp3) is 0.208. The molecule has 1 aromatic heterocycles. The number of ether oxygens (including phenoxy) is 1. The Morgan fingerprint density at radius 3 is 2.91 bits per heavy atom. The van der Waals surface area contributed by atoms with Gasteiger partial charge in [0, 0.05) is 38.6 Å². The number of hydrogen-bond acceptors (Lipinski definition) is 6. The maximum Gasteiger partial charge on any atom is 0.248 e. The Kier molecular flexibility index (Phi) is 4.97. The molecular formula is C24H23ClFN5O2. The van der Waals surface area contributed by atoms with E-state index in [1.54, 1.807) is 13.0 Å². The number of likely N-dealkylation sites (N-methyl/N-ethyl adjacent to an activating group) is 1. The van der Waals surface area contributed by atoms with Crippen LogP contribution in [0.3, 0.4) is 0 Å². The standard InChI is InChI=1S/C24H23ClFN5O2/c1-4-33-22-12-20-17(11-21(22)30-23(32)6-5-9-31(2)3)24(15(13-27)14-28-20)29-16-7-8-19(26)18(25)10-16/h5-8,10-12,14H,4,9H2,1-3H3,(H,28,29)(H,30,32)/b6-5+/i7D,8D,9D2,10D,11D,12D,14D. The number of hydrogen-bond donors (Lipinski definition) is 2. The number of fused-ring (bicyclic) bond motifs is 1. The molecule has 0 unspecified atom stereocenters. The highest BCUT2D eigenvalue weighted by molar-refractivity contribution is 6.31. The summed E-state index contributed by atoms with van der Waals surface area (Å²) in [5.41, 5.74) is -2.00. The Labute approximate surface area is 207 Å². The summed E-state index contributed by atoms with van der Waals surface area (Å²) >= 11 is 5.84. The number of rotatable bonds is 8. The first kappa shape index (κ1) is 15.2. The van der Waals surface area contributed by atoms with Crippen molar-refractivity contribution in [3.8, 4) is 11.8 Å². The topological polar surface area (TPSA) is 90.3 Å². The molecule has 0 saturated heterocycles. The molecule has 7 nitrogen and oxygen atoms in total. The number of pyridine rings is 1. The van der Waals surface area contributed by atoms with Gasteiger partial charge in [0.2, 0.25) is 5.91 Å². The lowest BCUT2D eigenvalue weighted by atomic mass is 10.1. The number of carbonyl (C=O) groups excluding carboxylic acids is 1. The summed E-state index contributed by atoms with van der Waals surface area (Å²) < 4.78 is 85.5. The molecular weight excluding hydrogens is 445 g/mol. The summed E-state index contributed by atoms with van der Waals surface area (Å²) in [5, 5.41) is 13.7. The lowest BCUT2D eigenvalue weighted by Gasteiger charge is -2.16. The van der Waals surface area contributed by atoms with Crippen LogP contribution in [0.15, 0.2) is 48.5 Å². The van der Waals surface area contributed by atoms with Crippen molar-refractivity contribution in [2.45, 2.75) is 6.92 Å². The number of halogens is 2. The zero-order valence-electron chi connectivity index (χ0n) is 25.8. The van der Waals surface area contributed by atoms with Crippen molar-refractivity contribution in [3.05, 3.63) is 64.9 Å². The van der Waals surface area contributed by atoms with E-state index in [4.69, 9.17) is 27.3 Å². The van der Waals surface area contributed by atoms with E-state index in [1.165, 1.54) is 19.0 Å². The van der Waals surface area contributed by atoms with Crippen LogP contribution >= 0.6 is 11.6 Å². The predicted molar refractivity (Wildman–Crippen MR) is 129 cm³/mol. The van der Waals surface area contributed by atoms with Crippen LogP contribution < -0.4 is 15.4 Å². The molecule has 0 bridgehead atoms. The fourth-order valence-electron chi connectivity index (χ4n) is 2.56. The van der Waals surface area contributed by atoms with E-state index in [1.807, 2.05) is 0 Å². The Balaban J connectivity index is 2.36. The lowest BCUT2D eigenvalue weighted by Crippen LogP contribution is -2.13. The van der Waals surface area contributed by atoms with Gasteiger partial charge < -0.3 is 20.3 Å². The van der Waals surface area contributed by atoms with E-state index < -0.39 is 70.9 Å². The van der Waals surface area contributed by atoms with Crippen molar-refractivity contribution in [3.63, 3.8) is 0 Å². The third-order valence-corrected chi connectivity index (χ3v) is 4.18. The maximum absolute atomic E-state index is 14.2. The zero-order valence-corrected chi connectivity index (χ0v) is 18.5. The van der Waals surface area contributed by atoms with Crippen LogP contribution in [-0.4, -0.2) is 43.0 Å². The number of amides is 1. The van der Waals surface area contributed by atoms with Crippen LogP contribution in [0.4, 0.5) is 21.5 Å². The normalized spacial score (nSPS) is 14.9. The van der Waals surface area contributed by atoms with Crippen molar-refractivity contribution < 1.29 is 24.9 Å². The Hall–Kier alpha value is -3.67. The van der Waals surface area contributed by atoms with Crippen LogP contribution in [0.1, 0.15) is 23.5 Å². The molecule has 2 aromatic carbocycles. The van der Waals surface area contributed by atoms with E-state index in [2.05, 4.69) is 15.6 Å². The van der Waals surface area contributed by atoms with Gasteiger partial charge in [0.1, 0.15) is 17.6 Å². The van der Waals surface area contributed by atoms with Gasteiger partial charge >= 0.3 is 0 Å². The van der Waals surface area contributed by atoms with Gasteiger partial charge in [-0.3, -0.25) is 9.78 Å².